The van der Waals surface area contributed by atoms with Crippen LogP contribution in [0.2, 0.25) is 0 Å². The zero-order valence-corrected chi connectivity index (χ0v) is 8.31. The Hall–Kier alpha value is -1.06. The van der Waals surface area contributed by atoms with Crippen LogP contribution in [0.5, 0.6) is 5.75 Å². The Labute approximate surface area is 84.0 Å². The molecule has 1 rings (SSSR count). The van der Waals surface area contributed by atoms with E-state index in [1.165, 1.54) is 0 Å². The van der Waals surface area contributed by atoms with Gasteiger partial charge < -0.3 is 14.9 Å². The molecule has 0 heterocycles. The lowest BCUT2D eigenvalue weighted by Gasteiger charge is -2.10. The van der Waals surface area contributed by atoms with Crippen LogP contribution in [0.4, 0.5) is 0 Å². The molecule has 14 heavy (non-hydrogen) atoms. The van der Waals surface area contributed by atoms with E-state index in [2.05, 4.69) is 0 Å². The van der Waals surface area contributed by atoms with E-state index in [0.29, 0.717) is 13.0 Å². The fourth-order valence-electron chi connectivity index (χ4n) is 1.11. The van der Waals surface area contributed by atoms with Crippen molar-refractivity contribution >= 4 is 0 Å². The van der Waals surface area contributed by atoms with Gasteiger partial charge in [-0.1, -0.05) is 18.2 Å². The Bertz CT molecular complexity index is 273. The van der Waals surface area contributed by atoms with Gasteiger partial charge in [0, 0.05) is 6.42 Å². The van der Waals surface area contributed by atoms with E-state index < -0.39 is 6.10 Å². The number of rotatable bonds is 5. The highest BCUT2D eigenvalue weighted by atomic mass is 16.5. The minimum atomic E-state index is -0.681. The average Bonchev–Trinajstić information content (AvgIpc) is 2.20. The van der Waals surface area contributed by atoms with Crippen molar-refractivity contribution in [1.29, 1.82) is 0 Å². The second-order valence-electron chi connectivity index (χ2n) is 3.24. The molecular weight excluding hydrogens is 180 g/mol. The molecular formula is C11H16O3. The molecule has 0 aliphatic heterocycles. The van der Waals surface area contributed by atoms with E-state index in [1.54, 1.807) is 0 Å². The van der Waals surface area contributed by atoms with Gasteiger partial charge in [-0.25, -0.2) is 0 Å². The van der Waals surface area contributed by atoms with Crippen LogP contribution >= 0.6 is 0 Å². The topological polar surface area (TPSA) is 49.7 Å². The molecule has 0 aromatic heterocycles. The lowest BCUT2D eigenvalue weighted by atomic mass is 10.2. The van der Waals surface area contributed by atoms with Gasteiger partial charge in [-0.15, -0.1) is 0 Å². The monoisotopic (exact) mass is 196 g/mol. The quantitative estimate of drug-likeness (QED) is 0.742. The molecule has 0 aliphatic rings. The molecule has 78 valence electrons. The third-order valence-electron chi connectivity index (χ3n) is 2.01. The van der Waals surface area contributed by atoms with Gasteiger partial charge in [-0.05, 0) is 18.6 Å². The van der Waals surface area contributed by atoms with E-state index in [4.69, 9.17) is 14.9 Å². The molecule has 0 saturated heterocycles. The molecule has 0 aliphatic carbocycles. The van der Waals surface area contributed by atoms with Gasteiger partial charge in [0.05, 0.1) is 19.3 Å². The molecule has 3 nitrogen and oxygen atoms in total. The Morgan fingerprint density at radius 2 is 2.07 bits per heavy atom. The smallest absolute Gasteiger partial charge is 0.122 e. The maximum Gasteiger partial charge on any atom is 0.122 e. The van der Waals surface area contributed by atoms with Crippen molar-refractivity contribution in [2.75, 3.05) is 13.2 Å². The van der Waals surface area contributed by atoms with Crippen molar-refractivity contribution < 1.29 is 14.9 Å². The summed E-state index contributed by atoms with van der Waals surface area (Å²) in [5.74, 6) is 0.831. The Morgan fingerprint density at radius 1 is 1.36 bits per heavy atom. The van der Waals surface area contributed by atoms with Crippen LogP contribution in [-0.4, -0.2) is 29.5 Å². The van der Waals surface area contributed by atoms with E-state index in [-0.39, 0.29) is 6.61 Å². The standard InChI is InChI=1S/C11H16O3/c1-9-4-2-3-5-11(9)14-7-6-10(13)8-12/h2-5,10,12-13H,6-8H2,1H3. The number of ether oxygens (including phenoxy) is 1. The van der Waals surface area contributed by atoms with Crippen molar-refractivity contribution in [3.63, 3.8) is 0 Å². The molecule has 0 bridgehead atoms. The molecule has 3 heteroatoms. The number of aliphatic hydroxyl groups excluding tert-OH is 2. The molecule has 0 spiro atoms. The number of hydrogen-bond acceptors (Lipinski definition) is 3. The second kappa shape index (κ2) is 5.62. The van der Waals surface area contributed by atoms with Crippen LogP contribution in [0.25, 0.3) is 0 Å². The molecule has 1 aromatic rings. The lowest BCUT2D eigenvalue weighted by Crippen LogP contribution is -2.15. The van der Waals surface area contributed by atoms with Gasteiger partial charge in [-0.3, -0.25) is 0 Å². The van der Waals surface area contributed by atoms with Gasteiger partial charge >= 0.3 is 0 Å². The molecule has 0 radical (unpaired) electrons. The number of hydrogen-bond donors (Lipinski definition) is 2. The predicted octanol–water partition coefficient (Wildman–Crippen LogP) is 1.12. The summed E-state index contributed by atoms with van der Waals surface area (Å²) < 4.78 is 5.44. The largest absolute Gasteiger partial charge is 0.493 e. The normalized spacial score (nSPS) is 12.5. The highest BCUT2D eigenvalue weighted by Gasteiger charge is 2.02. The van der Waals surface area contributed by atoms with Crippen LogP contribution in [0.15, 0.2) is 24.3 Å². The van der Waals surface area contributed by atoms with Gasteiger partial charge in [-0.2, -0.15) is 0 Å². The molecule has 0 saturated carbocycles. The summed E-state index contributed by atoms with van der Waals surface area (Å²) in [6.07, 6.45) is -0.232. The minimum absolute atomic E-state index is 0.211. The summed E-state index contributed by atoms with van der Waals surface area (Å²) in [6.45, 7) is 2.18. The van der Waals surface area contributed by atoms with Crippen LogP contribution in [0, 0.1) is 6.92 Å². The highest BCUT2D eigenvalue weighted by Crippen LogP contribution is 2.16. The Morgan fingerprint density at radius 3 is 2.71 bits per heavy atom. The number of benzene rings is 1. The Kier molecular flexibility index (Phi) is 4.43. The summed E-state index contributed by atoms with van der Waals surface area (Å²) >= 11 is 0. The molecule has 0 fully saturated rings. The average molecular weight is 196 g/mol. The minimum Gasteiger partial charge on any atom is -0.493 e. The fraction of sp³-hybridized carbons (Fsp3) is 0.455. The highest BCUT2D eigenvalue weighted by molar-refractivity contribution is 5.31. The SMILES string of the molecule is Cc1ccccc1OCCC(O)CO. The van der Waals surface area contributed by atoms with Gasteiger partial charge in [0.2, 0.25) is 0 Å². The lowest BCUT2D eigenvalue weighted by molar-refractivity contribution is 0.0753. The van der Waals surface area contributed by atoms with Crippen molar-refractivity contribution in [1.82, 2.24) is 0 Å². The third-order valence-corrected chi connectivity index (χ3v) is 2.01. The van der Waals surface area contributed by atoms with E-state index >= 15 is 0 Å². The van der Waals surface area contributed by atoms with Gasteiger partial charge in [0.15, 0.2) is 0 Å². The first kappa shape index (κ1) is 11.0. The molecule has 1 aromatic carbocycles. The molecule has 2 N–H and O–H groups in total. The van der Waals surface area contributed by atoms with Crippen LogP contribution < -0.4 is 4.74 Å². The van der Waals surface area contributed by atoms with E-state index in [1.807, 2.05) is 31.2 Å². The summed E-state index contributed by atoms with van der Waals surface area (Å²) in [7, 11) is 0. The third kappa shape index (κ3) is 3.36. The van der Waals surface area contributed by atoms with Crippen LogP contribution in [0.3, 0.4) is 0 Å². The second-order valence-corrected chi connectivity index (χ2v) is 3.24. The maximum absolute atomic E-state index is 9.08. The van der Waals surface area contributed by atoms with Crippen molar-refractivity contribution in [3.8, 4) is 5.75 Å². The van der Waals surface area contributed by atoms with Crippen LogP contribution in [-0.2, 0) is 0 Å². The van der Waals surface area contributed by atoms with E-state index in [0.717, 1.165) is 11.3 Å². The summed E-state index contributed by atoms with van der Waals surface area (Å²) in [5.41, 5.74) is 1.07. The fourth-order valence-corrected chi connectivity index (χ4v) is 1.11. The summed E-state index contributed by atoms with van der Waals surface area (Å²) in [6, 6.07) is 7.72. The molecule has 1 unspecified atom stereocenters. The molecule has 1 atom stereocenters. The number of aliphatic hydroxyl groups is 2. The maximum atomic E-state index is 9.08. The van der Waals surface area contributed by atoms with E-state index in [9.17, 15) is 0 Å². The first-order valence-electron chi connectivity index (χ1n) is 4.71. The van der Waals surface area contributed by atoms with Crippen molar-refractivity contribution in [3.05, 3.63) is 29.8 Å². The predicted molar refractivity (Wildman–Crippen MR) is 54.4 cm³/mol. The molecule has 0 amide bonds. The zero-order valence-electron chi connectivity index (χ0n) is 8.31. The van der Waals surface area contributed by atoms with Crippen molar-refractivity contribution in [2.24, 2.45) is 0 Å². The van der Waals surface area contributed by atoms with Crippen LogP contribution in [0.1, 0.15) is 12.0 Å². The number of para-hydroxylation sites is 1. The van der Waals surface area contributed by atoms with Gasteiger partial charge in [0.1, 0.15) is 5.75 Å². The number of aryl methyl sites for hydroxylation is 1. The van der Waals surface area contributed by atoms with Crippen molar-refractivity contribution in [2.45, 2.75) is 19.4 Å². The zero-order chi connectivity index (χ0) is 10.4. The Balaban J connectivity index is 2.35. The first-order valence-corrected chi connectivity index (χ1v) is 4.71. The van der Waals surface area contributed by atoms with Gasteiger partial charge in [0.25, 0.3) is 0 Å². The first-order chi connectivity index (χ1) is 6.74. The summed E-state index contributed by atoms with van der Waals surface area (Å²) in [4.78, 5) is 0. The summed E-state index contributed by atoms with van der Waals surface area (Å²) in [5, 5.41) is 17.7.